The third-order valence-corrected chi connectivity index (χ3v) is 3.80. The highest BCUT2D eigenvalue weighted by atomic mass is 16.5. The van der Waals surface area contributed by atoms with Crippen LogP contribution in [0.4, 0.5) is 0 Å². The lowest BCUT2D eigenvalue weighted by Gasteiger charge is -2.42. The molecule has 0 aromatic heterocycles. The van der Waals surface area contributed by atoms with Crippen molar-refractivity contribution in [3.8, 4) is 12.3 Å². The lowest BCUT2D eigenvalue weighted by Crippen LogP contribution is -2.49. The van der Waals surface area contributed by atoms with Crippen molar-refractivity contribution in [2.45, 2.75) is 32.8 Å². The summed E-state index contributed by atoms with van der Waals surface area (Å²) < 4.78 is 4.54. The van der Waals surface area contributed by atoms with Crippen molar-refractivity contribution in [3.05, 3.63) is 35.5 Å². The van der Waals surface area contributed by atoms with Crippen molar-refractivity contribution in [2.75, 3.05) is 7.11 Å². The first-order valence-corrected chi connectivity index (χ1v) is 6.56. The fourth-order valence-electron chi connectivity index (χ4n) is 2.34. The third kappa shape index (κ3) is 3.32. The molecular weight excluding hydrogens is 268 g/mol. The Morgan fingerprint density at radius 1 is 1.57 bits per heavy atom. The maximum absolute atomic E-state index is 11.7. The Balaban J connectivity index is 3.21. The molecule has 1 N–H and O–H groups in total. The molecule has 1 unspecified atom stereocenters. The van der Waals surface area contributed by atoms with E-state index in [4.69, 9.17) is 6.42 Å². The van der Waals surface area contributed by atoms with Crippen molar-refractivity contribution in [2.24, 2.45) is 5.41 Å². The molecule has 0 fully saturated rings. The van der Waals surface area contributed by atoms with E-state index in [1.165, 1.54) is 25.3 Å². The van der Waals surface area contributed by atoms with Crippen LogP contribution in [0.1, 0.15) is 27.2 Å². The molecule has 1 aliphatic carbocycles. The molecule has 1 aliphatic rings. The number of esters is 1. The second-order valence-corrected chi connectivity index (χ2v) is 5.46. The van der Waals surface area contributed by atoms with E-state index in [9.17, 15) is 14.7 Å². The number of carbonyl (C=O) groups is 2. The molecule has 0 saturated carbocycles. The second-order valence-electron chi connectivity index (χ2n) is 5.46. The molecule has 21 heavy (non-hydrogen) atoms. The zero-order valence-electron chi connectivity index (χ0n) is 12.8. The first-order valence-electron chi connectivity index (χ1n) is 6.56. The van der Waals surface area contributed by atoms with Gasteiger partial charge in [0.15, 0.2) is 5.78 Å². The van der Waals surface area contributed by atoms with Gasteiger partial charge in [0.2, 0.25) is 0 Å². The summed E-state index contributed by atoms with van der Waals surface area (Å²) in [6.45, 7) is 5.04. The van der Waals surface area contributed by atoms with Gasteiger partial charge in [-0.05, 0) is 44.1 Å². The van der Waals surface area contributed by atoms with Gasteiger partial charge in [-0.25, -0.2) is 4.79 Å². The highest BCUT2D eigenvalue weighted by Crippen LogP contribution is 2.44. The topological polar surface area (TPSA) is 63.6 Å². The Kier molecular flexibility index (Phi) is 4.93. The van der Waals surface area contributed by atoms with E-state index >= 15 is 0 Å². The summed E-state index contributed by atoms with van der Waals surface area (Å²) in [5.41, 5.74) is -1.35. The predicted molar refractivity (Wildman–Crippen MR) is 80.2 cm³/mol. The van der Waals surface area contributed by atoms with Crippen LogP contribution in [0.5, 0.6) is 0 Å². The van der Waals surface area contributed by atoms with Crippen molar-refractivity contribution < 1.29 is 19.4 Å². The van der Waals surface area contributed by atoms with Gasteiger partial charge in [-0.1, -0.05) is 12.0 Å². The summed E-state index contributed by atoms with van der Waals surface area (Å²) in [4.78, 5) is 22.8. The van der Waals surface area contributed by atoms with Crippen LogP contribution in [-0.2, 0) is 14.3 Å². The number of hydrogen-bond donors (Lipinski definition) is 1. The zero-order chi connectivity index (χ0) is 16.3. The largest absolute Gasteiger partial charge is 0.466 e. The van der Waals surface area contributed by atoms with Crippen LogP contribution in [0.25, 0.3) is 0 Å². The SMILES string of the molecule is C#CC1(C)CC(=O)C=C(C)[C@]1(O)/C=C/C(C)=C\C(=O)OC. The van der Waals surface area contributed by atoms with Gasteiger partial charge in [-0.2, -0.15) is 0 Å². The molecule has 0 aromatic rings. The highest BCUT2D eigenvalue weighted by molar-refractivity contribution is 5.93. The van der Waals surface area contributed by atoms with Crippen molar-refractivity contribution in [3.63, 3.8) is 0 Å². The van der Waals surface area contributed by atoms with Gasteiger partial charge in [0.1, 0.15) is 5.60 Å². The van der Waals surface area contributed by atoms with Crippen molar-refractivity contribution in [1.82, 2.24) is 0 Å². The number of ketones is 1. The lowest BCUT2D eigenvalue weighted by atomic mass is 9.64. The standard InChI is InChI=1S/C17H20O4/c1-6-16(4)11-14(18)10-13(3)17(16,20)8-7-12(2)9-15(19)21-5/h1,7-10,20H,11H2,2-5H3/b8-7+,12-9-/t16?,17-/m1/s1. The first-order chi connectivity index (χ1) is 9.68. The quantitative estimate of drug-likeness (QED) is 0.373. The van der Waals surface area contributed by atoms with E-state index in [0.29, 0.717) is 11.1 Å². The average Bonchev–Trinajstić information content (AvgIpc) is 2.42. The normalized spacial score (nSPS) is 30.0. The van der Waals surface area contributed by atoms with Crippen molar-refractivity contribution in [1.29, 1.82) is 0 Å². The first kappa shape index (κ1) is 16.9. The van der Waals surface area contributed by atoms with E-state index < -0.39 is 17.0 Å². The molecule has 4 nitrogen and oxygen atoms in total. The highest BCUT2D eigenvalue weighted by Gasteiger charge is 2.49. The van der Waals surface area contributed by atoms with Crippen LogP contribution >= 0.6 is 0 Å². The minimum atomic E-state index is -1.43. The lowest BCUT2D eigenvalue weighted by molar-refractivity contribution is -0.134. The van der Waals surface area contributed by atoms with Crippen LogP contribution in [0.15, 0.2) is 35.5 Å². The molecular formula is C17H20O4. The fraction of sp³-hybridized carbons (Fsp3) is 0.412. The van der Waals surface area contributed by atoms with E-state index in [0.717, 1.165) is 0 Å². The molecule has 0 aliphatic heterocycles. The maximum Gasteiger partial charge on any atom is 0.330 e. The summed E-state index contributed by atoms with van der Waals surface area (Å²) in [5, 5.41) is 10.9. The van der Waals surface area contributed by atoms with Gasteiger partial charge in [0.05, 0.1) is 12.5 Å². The Labute approximate surface area is 125 Å². The van der Waals surface area contributed by atoms with Gasteiger partial charge >= 0.3 is 5.97 Å². The molecule has 4 heteroatoms. The van der Waals surface area contributed by atoms with Gasteiger partial charge < -0.3 is 9.84 Å². The smallest absolute Gasteiger partial charge is 0.330 e. The number of ether oxygens (including phenoxy) is 1. The average molecular weight is 288 g/mol. The number of allylic oxidation sites excluding steroid dienone is 3. The molecule has 112 valence electrons. The Morgan fingerprint density at radius 3 is 2.71 bits per heavy atom. The number of carbonyl (C=O) groups excluding carboxylic acids is 2. The number of rotatable bonds is 3. The summed E-state index contributed by atoms with van der Waals surface area (Å²) in [7, 11) is 1.29. The molecule has 0 bridgehead atoms. The summed E-state index contributed by atoms with van der Waals surface area (Å²) in [6.07, 6.45) is 11.4. The molecule has 0 saturated heterocycles. The second kappa shape index (κ2) is 6.11. The van der Waals surface area contributed by atoms with Crippen molar-refractivity contribution >= 4 is 11.8 Å². The molecule has 1 rings (SSSR count). The Bertz CT molecular complexity index is 588. The molecule has 0 heterocycles. The summed E-state index contributed by atoms with van der Waals surface area (Å²) >= 11 is 0. The van der Waals surface area contributed by atoms with Crippen LogP contribution < -0.4 is 0 Å². The predicted octanol–water partition coefficient (Wildman–Crippen LogP) is 1.95. The zero-order valence-corrected chi connectivity index (χ0v) is 12.8. The number of hydrogen-bond acceptors (Lipinski definition) is 4. The van der Waals surface area contributed by atoms with E-state index in [2.05, 4.69) is 10.7 Å². The fourth-order valence-corrected chi connectivity index (χ4v) is 2.34. The molecule has 0 radical (unpaired) electrons. The summed E-state index contributed by atoms with van der Waals surface area (Å²) in [6, 6.07) is 0. The van der Waals surface area contributed by atoms with Crippen LogP contribution in [0.3, 0.4) is 0 Å². The van der Waals surface area contributed by atoms with E-state index in [1.807, 2.05) is 0 Å². The molecule has 0 aromatic carbocycles. The van der Waals surface area contributed by atoms with Gasteiger partial charge in [-0.15, -0.1) is 6.42 Å². The van der Waals surface area contributed by atoms with E-state index in [-0.39, 0.29) is 12.2 Å². The minimum Gasteiger partial charge on any atom is -0.466 e. The van der Waals surface area contributed by atoms with Crippen LogP contribution in [0.2, 0.25) is 0 Å². The monoisotopic (exact) mass is 288 g/mol. The molecule has 0 spiro atoms. The minimum absolute atomic E-state index is 0.0709. The number of methoxy groups -OCH3 is 1. The Morgan fingerprint density at radius 2 is 2.19 bits per heavy atom. The number of aliphatic hydroxyl groups is 1. The molecule has 2 atom stereocenters. The maximum atomic E-state index is 11.7. The van der Waals surface area contributed by atoms with E-state index in [1.54, 1.807) is 26.8 Å². The molecule has 0 amide bonds. The van der Waals surface area contributed by atoms with Gasteiger partial charge in [0, 0.05) is 12.5 Å². The van der Waals surface area contributed by atoms with Crippen LogP contribution in [-0.4, -0.2) is 29.6 Å². The third-order valence-electron chi connectivity index (χ3n) is 3.80. The Hall–Kier alpha value is -2.12. The van der Waals surface area contributed by atoms with Crippen LogP contribution in [0, 0.1) is 17.8 Å². The van der Waals surface area contributed by atoms with Gasteiger partial charge in [0.25, 0.3) is 0 Å². The summed E-state index contributed by atoms with van der Waals surface area (Å²) in [5.74, 6) is 1.95. The number of terminal acetylenes is 1. The van der Waals surface area contributed by atoms with Gasteiger partial charge in [-0.3, -0.25) is 4.79 Å².